The predicted molar refractivity (Wildman–Crippen MR) is 63.6 cm³/mol. The van der Waals surface area contributed by atoms with E-state index < -0.39 is 11.5 Å². The maximum atomic E-state index is 12.0. The molecule has 96 valence electrons. The lowest BCUT2D eigenvalue weighted by molar-refractivity contribution is -0.140. The van der Waals surface area contributed by atoms with Gasteiger partial charge in [-0.05, 0) is 25.7 Å². The quantitative estimate of drug-likeness (QED) is 0.789. The van der Waals surface area contributed by atoms with Gasteiger partial charge in [-0.25, -0.2) is 0 Å². The lowest BCUT2D eigenvalue weighted by atomic mass is 9.77. The smallest absolute Gasteiger partial charge is 0.305 e. The van der Waals surface area contributed by atoms with Crippen molar-refractivity contribution < 1.29 is 14.7 Å². The number of rotatable bonds is 4. The van der Waals surface area contributed by atoms with E-state index in [9.17, 15) is 9.59 Å². The molecule has 0 saturated heterocycles. The van der Waals surface area contributed by atoms with Crippen LogP contribution in [-0.2, 0) is 9.59 Å². The van der Waals surface area contributed by atoms with Crippen LogP contribution in [0.4, 0.5) is 0 Å². The van der Waals surface area contributed by atoms with Crippen molar-refractivity contribution in [3.63, 3.8) is 0 Å². The van der Waals surface area contributed by atoms with E-state index in [1.54, 1.807) is 0 Å². The van der Waals surface area contributed by atoms with Gasteiger partial charge in [0.25, 0.3) is 0 Å². The molecule has 0 aromatic carbocycles. The Balaban J connectivity index is 1.98. The van der Waals surface area contributed by atoms with Crippen LogP contribution in [-0.4, -0.2) is 22.5 Å². The molecule has 4 nitrogen and oxygen atoms in total. The van der Waals surface area contributed by atoms with E-state index in [1.807, 2.05) is 0 Å². The van der Waals surface area contributed by atoms with Gasteiger partial charge in [0.05, 0.1) is 12.0 Å². The summed E-state index contributed by atoms with van der Waals surface area (Å²) >= 11 is 0. The second-order valence-electron chi connectivity index (χ2n) is 5.53. The molecule has 0 heterocycles. The van der Waals surface area contributed by atoms with Crippen LogP contribution < -0.4 is 5.32 Å². The van der Waals surface area contributed by atoms with E-state index in [4.69, 9.17) is 5.11 Å². The molecule has 2 fully saturated rings. The minimum atomic E-state index is -0.805. The van der Waals surface area contributed by atoms with E-state index in [2.05, 4.69) is 5.32 Å². The third kappa shape index (κ3) is 2.99. The van der Waals surface area contributed by atoms with Gasteiger partial charge in [-0.3, -0.25) is 9.59 Å². The Labute approximate surface area is 102 Å². The molecule has 0 spiro atoms. The van der Waals surface area contributed by atoms with E-state index in [-0.39, 0.29) is 18.2 Å². The summed E-state index contributed by atoms with van der Waals surface area (Å²) in [6.45, 7) is 0. The number of carboxylic acid groups (broad SMARTS) is 1. The van der Waals surface area contributed by atoms with Crippen LogP contribution in [0.5, 0.6) is 0 Å². The van der Waals surface area contributed by atoms with Crippen LogP contribution >= 0.6 is 0 Å². The molecule has 0 aliphatic heterocycles. The van der Waals surface area contributed by atoms with Gasteiger partial charge in [-0.15, -0.1) is 0 Å². The Bertz CT molecular complexity index is 304. The fraction of sp³-hybridized carbons (Fsp3) is 0.846. The summed E-state index contributed by atoms with van der Waals surface area (Å²) in [5.74, 6) is -0.581. The van der Waals surface area contributed by atoms with Crippen molar-refractivity contribution in [3.8, 4) is 0 Å². The molecule has 0 atom stereocenters. The van der Waals surface area contributed by atoms with Gasteiger partial charge >= 0.3 is 5.97 Å². The van der Waals surface area contributed by atoms with Gasteiger partial charge in [-0.1, -0.05) is 25.7 Å². The molecule has 17 heavy (non-hydrogen) atoms. The maximum absolute atomic E-state index is 12.0. The summed E-state index contributed by atoms with van der Waals surface area (Å²) in [5, 5.41) is 12.0. The summed E-state index contributed by atoms with van der Waals surface area (Å²) < 4.78 is 0. The summed E-state index contributed by atoms with van der Waals surface area (Å²) in [5.41, 5.74) is -0.462. The predicted octanol–water partition coefficient (Wildman–Crippen LogP) is 2.08. The molecule has 0 unspecified atom stereocenters. The van der Waals surface area contributed by atoms with Gasteiger partial charge < -0.3 is 10.4 Å². The van der Waals surface area contributed by atoms with Crippen molar-refractivity contribution in [2.45, 2.75) is 63.3 Å². The lowest BCUT2D eigenvalue weighted by Gasteiger charge is -2.39. The number of amides is 1. The summed E-state index contributed by atoms with van der Waals surface area (Å²) in [4.78, 5) is 22.9. The number of nitrogens with one attached hydrogen (secondary N) is 1. The van der Waals surface area contributed by atoms with Crippen LogP contribution in [0.2, 0.25) is 0 Å². The Morgan fingerprint density at radius 2 is 1.76 bits per heavy atom. The molecule has 1 amide bonds. The van der Waals surface area contributed by atoms with Gasteiger partial charge in [0.2, 0.25) is 5.91 Å². The molecular formula is C13H21NO3. The zero-order valence-corrected chi connectivity index (χ0v) is 10.2. The maximum Gasteiger partial charge on any atom is 0.305 e. The van der Waals surface area contributed by atoms with E-state index in [0.29, 0.717) is 0 Å². The first kappa shape index (κ1) is 12.4. The second-order valence-corrected chi connectivity index (χ2v) is 5.53. The molecule has 2 saturated carbocycles. The Kier molecular flexibility index (Phi) is 3.69. The molecule has 0 bridgehead atoms. The number of carbonyl (C=O) groups is 2. The van der Waals surface area contributed by atoms with E-state index in [1.165, 1.54) is 0 Å². The van der Waals surface area contributed by atoms with Crippen molar-refractivity contribution in [3.05, 3.63) is 0 Å². The largest absolute Gasteiger partial charge is 0.481 e. The SMILES string of the molecule is O=C(O)CC1(NC(=O)C2CCC2)CCCCC1. The van der Waals surface area contributed by atoms with Crippen molar-refractivity contribution in [2.24, 2.45) is 5.92 Å². The number of aliphatic carboxylic acids is 1. The number of carboxylic acids is 1. The number of hydrogen-bond acceptors (Lipinski definition) is 2. The van der Waals surface area contributed by atoms with Crippen LogP contribution in [0.1, 0.15) is 57.8 Å². The van der Waals surface area contributed by atoms with Gasteiger partial charge in [0, 0.05) is 5.92 Å². The number of carbonyl (C=O) groups excluding carboxylic acids is 1. The highest BCUT2D eigenvalue weighted by Crippen LogP contribution is 2.33. The summed E-state index contributed by atoms with van der Waals surface area (Å²) in [6.07, 6.45) is 7.98. The Morgan fingerprint density at radius 3 is 2.24 bits per heavy atom. The highest BCUT2D eigenvalue weighted by Gasteiger charge is 2.38. The minimum Gasteiger partial charge on any atom is -0.481 e. The minimum absolute atomic E-state index is 0.0749. The Hall–Kier alpha value is -1.06. The molecule has 0 aromatic heterocycles. The zero-order valence-electron chi connectivity index (χ0n) is 10.2. The van der Waals surface area contributed by atoms with Gasteiger partial charge in [0.1, 0.15) is 0 Å². The first-order chi connectivity index (χ1) is 8.11. The standard InChI is InChI=1S/C13H21NO3/c15-11(16)9-13(7-2-1-3-8-13)14-12(17)10-5-4-6-10/h10H,1-9H2,(H,14,17)(H,15,16). The van der Waals surface area contributed by atoms with Crippen LogP contribution in [0.25, 0.3) is 0 Å². The van der Waals surface area contributed by atoms with Crippen LogP contribution in [0.15, 0.2) is 0 Å². The first-order valence-electron chi connectivity index (χ1n) is 6.65. The molecule has 2 aliphatic carbocycles. The third-order valence-corrected chi connectivity index (χ3v) is 4.16. The topological polar surface area (TPSA) is 66.4 Å². The van der Waals surface area contributed by atoms with Crippen LogP contribution in [0.3, 0.4) is 0 Å². The van der Waals surface area contributed by atoms with E-state index in [0.717, 1.165) is 51.4 Å². The molecular weight excluding hydrogens is 218 g/mol. The summed E-state index contributed by atoms with van der Waals surface area (Å²) in [7, 11) is 0. The molecule has 0 aromatic rings. The molecule has 2 N–H and O–H groups in total. The van der Waals surface area contributed by atoms with Crippen LogP contribution in [0, 0.1) is 5.92 Å². The first-order valence-corrected chi connectivity index (χ1v) is 6.65. The fourth-order valence-electron chi connectivity index (χ4n) is 2.90. The van der Waals surface area contributed by atoms with Crippen molar-refractivity contribution in [2.75, 3.05) is 0 Å². The molecule has 2 rings (SSSR count). The monoisotopic (exact) mass is 239 g/mol. The molecule has 2 aliphatic rings. The third-order valence-electron chi connectivity index (χ3n) is 4.16. The lowest BCUT2D eigenvalue weighted by Crippen LogP contribution is -2.53. The second kappa shape index (κ2) is 5.07. The van der Waals surface area contributed by atoms with Crippen molar-refractivity contribution in [1.29, 1.82) is 0 Å². The summed E-state index contributed by atoms with van der Waals surface area (Å²) in [6, 6.07) is 0. The fourth-order valence-corrected chi connectivity index (χ4v) is 2.90. The van der Waals surface area contributed by atoms with Crippen molar-refractivity contribution in [1.82, 2.24) is 5.32 Å². The van der Waals surface area contributed by atoms with E-state index >= 15 is 0 Å². The van der Waals surface area contributed by atoms with Crippen molar-refractivity contribution >= 4 is 11.9 Å². The normalized spacial score (nSPS) is 23.8. The highest BCUT2D eigenvalue weighted by atomic mass is 16.4. The average molecular weight is 239 g/mol. The molecule has 4 heteroatoms. The zero-order chi connectivity index (χ0) is 12.3. The van der Waals surface area contributed by atoms with Gasteiger partial charge in [0.15, 0.2) is 0 Å². The highest BCUT2D eigenvalue weighted by molar-refractivity contribution is 5.81. The molecule has 0 radical (unpaired) electrons. The van der Waals surface area contributed by atoms with Gasteiger partial charge in [-0.2, -0.15) is 0 Å². The average Bonchev–Trinajstić information content (AvgIpc) is 2.13. The number of hydrogen-bond donors (Lipinski definition) is 2. The Morgan fingerprint density at radius 1 is 1.12 bits per heavy atom.